The van der Waals surface area contributed by atoms with Crippen molar-refractivity contribution >= 4 is 23.1 Å². The summed E-state index contributed by atoms with van der Waals surface area (Å²) in [6.07, 6.45) is 2.33. The molecule has 1 fully saturated rings. The van der Waals surface area contributed by atoms with Crippen LogP contribution in [0.3, 0.4) is 0 Å². The molecule has 0 amide bonds. The Morgan fingerprint density at radius 2 is 2.38 bits per heavy atom. The fourth-order valence-electron chi connectivity index (χ4n) is 2.73. The number of nitrogens with zero attached hydrogens (tertiary/aromatic N) is 1. The molecule has 2 N–H and O–H groups in total. The number of nitrogens with one attached hydrogen (secondary N) is 1. The number of fused-ring (bicyclic) bond motifs is 1. The van der Waals surface area contributed by atoms with E-state index in [1.54, 1.807) is 6.07 Å². The number of benzene rings is 1. The zero-order valence-corrected chi connectivity index (χ0v) is 11.8. The highest BCUT2D eigenvalue weighted by atomic mass is 16.5. The number of anilines is 1. The van der Waals surface area contributed by atoms with Crippen LogP contribution < -0.4 is 5.32 Å². The third kappa shape index (κ3) is 2.85. The number of rotatable bonds is 5. The maximum absolute atomic E-state index is 10.9. The molecule has 1 aliphatic heterocycles. The Hall–Kier alpha value is -2.08. The van der Waals surface area contributed by atoms with Crippen molar-refractivity contribution < 1.29 is 19.1 Å². The minimum absolute atomic E-state index is 0.195. The van der Waals surface area contributed by atoms with Gasteiger partial charge in [0, 0.05) is 19.1 Å². The number of aromatic nitrogens is 1. The number of carbonyl (C=O) groups is 1. The summed E-state index contributed by atoms with van der Waals surface area (Å²) in [5.74, 6) is -0.517. The Bertz CT molecular complexity index is 652. The lowest BCUT2D eigenvalue weighted by Gasteiger charge is -2.16. The summed E-state index contributed by atoms with van der Waals surface area (Å²) in [7, 11) is 0. The van der Waals surface area contributed by atoms with E-state index in [2.05, 4.69) is 17.2 Å². The van der Waals surface area contributed by atoms with Gasteiger partial charge in [0.25, 0.3) is 6.01 Å². The first kappa shape index (κ1) is 13.9. The molecule has 6 nitrogen and oxygen atoms in total. The maximum Gasteiger partial charge on any atom is 0.335 e. The van der Waals surface area contributed by atoms with Crippen LogP contribution in [0.15, 0.2) is 22.6 Å². The van der Waals surface area contributed by atoms with Crippen LogP contribution >= 0.6 is 0 Å². The summed E-state index contributed by atoms with van der Waals surface area (Å²) < 4.78 is 11.2. The number of carboxylic acids is 1. The van der Waals surface area contributed by atoms with Crippen LogP contribution in [0.4, 0.5) is 6.01 Å². The second-order valence-corrected chi connectivity index (χ2v) is 5.25. The predicted octanol–water partition coefficient (Wildman–Crippen LogP) is 2.75. The lowest BCUT2D eigenvalue weighted by atomic mass is 10.00. The van der Waals surface area contributed by atoms with E-state index in [-0.39, 0.29) is 5.56 Å². The lowest BCUT2D eigenvalue weighted by Crippen LogP contribution is -2.22. The van der Waals surface area contributed by atoms with E-state index in [1.165, 1.54) is 12.1 Å². The minimum Gasteiger partial charge on any atom is -0.478 e. The lowest BCUT2D eigenvalue weighted by molar-refractivity contribution is 0.0697. The number of oxazole rings is 1. The topological polar surface area (TPSA) is 84.6 Å². The number of aromatic carboxylic acids is 1. The van der Waals surface area contributed by atoms with Gasteiger partial charge in [-0.1, -0.05) is 6.92 Å². The molecule has 112 valence electrons. The third-order valence-electron chi connectivity index (χ3n) is 3.90. The molecule has 1 aliphatic rings. The van der Waals surface area contributed by atoms with Crippen molar-refractivity contribution in [1.82, 2.24) is 4.98 Å². The molecule has 0 radical (unpaired) electrons. The maximum atomic E-state index is 10.9. The third-order valence-corrected chi connectivity index (χ3v) is 3.90. The van der Waals surface area contributed by atoms with Gasteiger partial charge in [-0.05, 0) is 31.0 Å². The van der Waals surface area contributed by atoms with Crippen molar-refractivity contribution in [3.05, 3.63) is 23.8 Å². The van der Waals surface area contributed by atoms with Crippen LogP contribution in [0.2, 0.25) is 0 Å². The first-order chi connectivity index (χ1) is 10.2. The summed E-state index contributed by atoms with van der Waals surface area (Å²) in [5, 5.41) is 12.1. The summed E-state index contributed by atoms with van der Waals surface area (Å²) in [6, 6.07) is 5.09. The molecule has 3 rings (SSSR count). The van der Waals surface area contributed by atoms with E-state index >= 15 is 0 Å². The van der Waals surface area contributed by atoms with Gasteiger partial charge >= 0.3 is 5.97 Å². The van der Waals surface area contributed by atoms with Gasteiger partial charge in [0.15, 0.2) is 5.58 Å². The van der Waals surface area contributed by atoms with Crippen molar-refractivity contribution in [2.75, 3.05) is 18.5 Å². The van der Waals surface area contributed by atoms with E-state index < -0.39 is 5.97 Å². The molecular formula is C15H18N2O4. The van der Waals surface area contributed by atoms with Gasteiger partial charge in [-0.3, -0.25) is 0 Å². The molecule has 0 saturated carbocycles. The molecule has 21 heavy (non-hydrogen) atoms. The number of ether oxygens (including phenoxy) is 1. The number of carboxylic acid groups (broad SMARTS) is 1. The molecule has 1 saturated heterocycles. The molecule has 2 unspecified atom stereocenters. The second kappa shape index (κ2) is 5.73. The van der Waals surface area contributed by atoms with E-state index in [9.17, 15) is 4.79 Å². The molecule has 6 heteroatoms. The molecule has 0 spiro atoms. The summed E-state index contributed by atoms with van der Waals surface area (Å²) in [6.45, 7) is 3.67. The van der Waals surface area contributed by atoms with E-state index in [0.717, 1.165) is 26.0 Å². The van der Waals surface area contributed by atoms with Crippen LogP contribution in [-0.2, 0) is 4.74 Å². The number of hydrogen-bond donors (Lipinski definition) is 2. The molecule has 0 aliphatic carbocycles. The SMILES string of the molecule is CCC1OCCC1CNc1nc2ccc(C(=O)O)cc2o1. The molecule has 1 aromatic heterocycles. The van der Waals surface area contributed by atoms with Crippen molar-refractivity contribution in [1.29, 1.82) is 0 Å². The first-order valence-electron chi connectivity index (χ1n) is 7.16. The minimum atomic E-state index is -0.975. The smallest absolute Gasteiger partial charge is 0.335 e. The normalized spacial score (nSPS) is 21.8. The van der Waals surface area contributed by atoms with Gasteiger partial charge in [0.2, 0.25) is 0 Å². The average molecular weight is 290 g/mol. The Kier molecular flexibility index (Phi) is 3.79. The van der Waals surface area contributed by atoms with Crippen LogP contribution in [0, 0.1) is 5.92 Å². The van der Waals surface area contributed by atoms with E-state index in [1.807, 2.05) is 0 Å². The second-order valence-electron chi connectivity index (χ2n) is 5.25. The zero-order valence-electron chi connectivity index (χ0n) is 11.8. The largest absolute Gasteiger partial charge is 0.478 e. The molecule has 0 bridgehead atoms. The Labute approximate surface area is 122 Å². The van der Waals surface area contributed by atoms with Gasteiger partial charge in [-0.15, -0.1) is 0 Å². The van der Waals surface area contributed by atoms with Gasteiger partial charge in [0.1, 0.15) is 5.52 Å². The highest BCUT2D eigenvalue weighted by Gasteiger charge is 2.26. The van der Waals surface area contributed by atoms with Crippen molar-refractivity contribution in [2.45, 2.75) is 25.9 Å². The standard InChI is InChI=1S/C15H18N2O4/c1-2-12-10(5-6-20-12)8-16-15-17-11-4-3-9(14(18)19)7-13(11)21-15/h3-4,7,10,12H,2,5-6,8H2,1H3,(H,16,17)(H,18,19). The van der Waals surface area contributed by atoms with Crippen molar-refractivity contribution in [2.24, 2.45) is 5.92 Å². The fourth-order valence-corrected chi connectivity index (χ4v) is 2.73. The first-order valence-corrected chi connectivity index (χ1v) is 7.16. The molecule has 2 atom stereocenters. The summed E-state index contributed by atoms with van der Waals surface area (Å²) in [4.78, 5) is 15.2. The summed E-state index contributed by atoms with van der Waals surface area (Å²) in [5.41, 5.74) is 1.32. The van der Waals surface area contributed by atoms with Gasteiger partial charge in [-0.2, -0.15) is 4.98 Å². The monoisotopic (exact) mass is 290 g/mol. The Morgan fingerprint density at radius 1 is 1.52 bits per heavy atom. The number of hydrogen-bond acceptors (Lipinski definition) is 5. The van der Waals surface area contributed by atoms with Gasteiger partial charge in [-0.25, -0.2) is 4.79 Å². The fraction of sp³-hybridized carbons (Fsp3) is 0.467. The van der Waals surface area contributed by atoms with E-state index in [0.29, 0.717) is 29.1 Å². The van der Waals surface area contributed by atoms with Gasteiger partial charge < -0.3 is 19.6 Å². The molecular weight excluding hydrogens is 272 g/mol. The predicted molar refractivity (Wildman–Crippen MR) is 77.6 cm³/mol. The van der Waals surface area contributed by atoms with Crippen LogP contribution in [-0.4, -0.2) is 35.3 Å². The molecule has 2 heterocycles. The van der Waals surface area contributed by atoms with Crippen molar-refractivity contribution in [3.63, 3.8) is 0 Å². The summed E-state index contributed by atoms with van der Waals surface area (Å²) >= 11 is 0. The van der Waals surface area contributed by atoms with Crippen molar-refractivity contribution in [3.8, 4) is 0 Å². The Morgan fingerprint density at radius 3 is 3.14 bits per heavy atom. The highest BCUT2D eigenvalue weighted by Crippen LogP contribution is 2.25. The molecule has 1 aromatic carbocycles. The quantitative estimate of drug-likeness (QED) is 0.880. The average Bonchev–Trinajstić information content (AvgIpc) is 3.09. The molecule has 2 aromatic rings. The van der Waals surface area contributed by atoms with Gasteiger partial charge in [0.05, 0.1) is 11.7 Å². The van der Waals surface area contributed by atoms with Crippen LogP contribution in [0.1, 0.15) is 30.1 Å². The highest BCUT2D eigenvalue weighted by molar-refractivity contribution is 5.92. The zero-order chi connectivity index (χ0) is 14.8. The Balaban J connectivity index is 1.71. The van der Waals surface area contributed by atoms with E-state index in [4.69, 9.17) is 14.3 Å². The van der Waals surface area contributed by atoms with Crippen LogP contribution in [0.25, 0.3) is 11.1 Å². The van der Waals surface area contributed by atoms with Crippen LogP contribution in [0.5, 0.6) is 0 Å².